The van der Waals surface area contributed by atoms with E-state index in [0.717, 1.165) is 72.4 Å². The molecule has 4 heterocycles. The van der Waals surface area contributed by atoms with E-state index in [-0.39, 0.29) is 5.91 Å². The summed E-state index contributed by atoms with van der Waals surface area (Å²) in [6, 6.07) is 14.1. The first-order valence-corrected chi connectivity index (χ1v) is 13.8. The maximum absolute atomic E-state index is 13.4. The molecule has 186 valence electrons. The number of carbonyl (C=O) groups excluding carboxylic acids is 1. The van der Waals surface area contributed by atoms with Crippen molar-refractivity contribution < 1.29 is 9.53 Å². The van der Waals surface area contributed by atoms with Crippen molar-refractivity contribution in [2.75, 3.05) is 37.7 Å². The van der Waals surface area contributed by atoms with Crippen LogP contribution in [0.2, 0.25) is 5.02 Å². The Labute approximate surface area is 221 Å². The van der Waals surface area contributed by atoms with Crippen molar-refractivity contribution in [3.8, 4) is 0 Å². The van der Waals surface area contributed by atoms with Gasteiger partial charge < -0.3 is 14.5 Å². The third-order valence-electron chi connectivity index (χ3n) is 7.72. The minimum atomic E-state index is -0.00971. The molecule has 2 fully saturated rings. The van der Waals surface area contributed by atoms with E-state index in [1.54, 1.807) is 0 Å². The molecule has 3 aliphatic heterocycles. The molecule has 0 aliphatic carbocycles. The molecular weight excluding hydrogens is 492 g/mol. The number of aromatic nitrogens is 2. The van der Waals surface area contributed by atoms with E-state index in [2.05, 4.69) is 9.88 Å². The predicted octanol–water partition coefficient (Wildman–Crippen LogP) is 5.49. The van der Waals surface area contributed by atoms with Crippen LogP contribution in [-0.4, -0.2) is 53.6 Å². The molecule has 0 unspecified atom stereocenters. The monoisotopic (exact) mass is 520 g/mol. The lowest BCUT2D eigenvalue weighted by Crippen LogP contribution is -2.40. The van der Waals surface area contributed by atoms with Crippen molar-refractivity contribution in [3.63, 3.8) is 0 Å². The molecule has 0 saturated carbocycles. The Morgan fingerprint density at radius 1 is 1.00 bits per heavy atom. The van der Waals surface area contributed by atoms with Gasteiger partial charge in [-0.05, 0) is 48.3 Å². The Balaban J connectivity index is 1.14. The van der Waals surface area contributed by atoms with Crippen LogP contribution < -0.4 is 4.90 Å². The van der Waals surface area contributed by atoms with Crippen LogP contribution in [0.25, 0.3) is 0 Å². The molecule has 3 aliphatic rings. The normalized spacial score (nSPS) is 19.1. The van der Waals surface area contributed by atoms with Gasteiger partial charge in [0.15, 0.2) is 0 Å². The minimum absolute atomic E-state index is 0.00971. The highest BCUT2D eigenvalue weighted by Crippen LogP contribution is 2.41. The lowest BCUT2D eigenvalue weighted by atomic mass is 9.78. The molecule has 36 heavy (non-hydrogen) atoms. The van der Waals surface area contributed by atoms with E-state index in [9.17, 15) is 4.79 Å². The van der Waals surface area contributed by atoms with Crippen molar-refractivity contribution in [2.45, 2.75) is 42.1 Å². The van der Waals surface area contributed by atoms with Crippen molar-refractivity contribution in [3.05, 3.63) is 76.6 Å². The fourth-order valence-electron chi connectivity index (χ4n) is 5.48. The van der Waals surface area contributed by atoms with Crippen LogP contribution in [0.4, 0.5) is 5.82 Å². The Hall–Kier alpha value is -2.61. The second-order valence-electron chi connectivity index (χ2n) is 9.98. The smallest absolute Gasteiger partial charge is 0.256 e. The molecule has 6 rings (SSSR count). The van der Waals surface area contributed by atoms with Crippen molar-refractivity contribution in [1.82, 2.24) is 14.9 Å². The number of carbonyl (C=O) groups is 1. The van der Waals surface area contributed by atoms with Crippen LogP contribution in [-0.2, 0) is 17.7 Å². The molecule has 6 nitrogen and oxygen atoms in total. The largest absolute Gasteiger partial charge is 0.381 e. The van der Waals surface area contributed by atoms with Gasteiger partial charge in [-0.25, -0.2) is 9.97 Å². The van der Waals surface area contributed by atoms with Crippen LogP contribution in [0, 0.1) is 5.41 Å². The summed E-state index contributed by atoms with van der Waals surface area (Å²) in [6.45, 7) is 5.06. The number of ether oxygens (including phenoxy) is 1. The van der Waals surface area contributed by atoms with Crippen LogP contribution in [0.1, 0.15) is 40.7 Å². The fourth-order valence-corrected chi connectivity index (χ4v) is 6.62. The highest BCUT2D eigenvalue weighted by Gasteiger charge is 2.38. The zero-order valence-corrected chi connectivity index (χ0v) is 21.7. The van der Waals surface area contributed by atoms with Gasteiger partial charge >= 0.3 is 0 Å². The molecule has 8 heteroatoms. The van der Waals surface area contributed by atoms with E-state index < -0.39 is 0 Å². The van der Waals surface area contributed by atoms with E-state index in [4.69, 9.17) is 21.3 Å². The highest BCUT2D eigenvalue weighted by atomic mass is 35.5. The van der Waals surface area contributed by atoms with Crippen molar-refractivity contribution in [1.29, 1.82) is 0 Å². The fraction of sp³-hybridized carbons (Fsp3) is 0.393. The third kappa shape index (κ3) is 4.72. The first-order valence-electron chi connectivity index (χ1n) is 12.6. The summed E-state index contributed by atoms with van der Waals surface area (Å²) >= 11 is 8.27. The zero-order valence-electron chi connectivity index (χ0n) is 20.2. The highest BCUT2D eigenvalue weighted by molar-refractivity contribution is 7.99. The first-order chi connectivity index (χ1) is 17.6. The quantitative estimate of drug-likeness (QED) is 0.443. The summed E-state index contributed by atoms with van der Waals surface area (Å²) in [5.41, 5.74) is 3.12. The van der Waals surface area contributed by atoms with Gasteiger partial charge in [-0.1, -0.05) is 59.8 Å². The molecule has 2 aromatic carbocycles. The van der Waals surface area contributed by atoms with Gasteiger partial charge in [0, 0.05) is 37.7 Å². The van der Waals surface area contributed by atoms with Crippen molar-refractivity contribution in [2.24, 2.45) is 5.41 Å². The number of fused-ring (bicyclic) bond motifs is 1. The van der Waals surface area contributed by atoms with Gasteiger partial charge in [0.05, 0.1) is 29.6 Å². The van der Waals surface area contributed by atoms with Crippen LogP contribution in [0.15, 0.2) is 64.8 Å². The molecule has 3 aromatic rings. The second-order valence-corrected chi connectivity index (χ2v) is 11.4. The van der Waals surface area contributed by atoms with E-state index in [0.29, 0.717) is 29.1 Å². The summed E-state index contributed by atoms with van der Waals surface area (Å²) in [6.07, 6.45) is 7.93. The molecule has 1 spiro atoms. The number of halogens is 1. The number of rotatable bonds is 5. The predicted molar refractivity (Wildman–Crippen MR) is 142 cm³/mol. The lowest BCUT2D eigenvalue weighted by Gasteiger charge is -2.38. The number of amides is 1. The van der Waals surface area contributed by atoms with Gasteiger partial charge in [0.2, 0.25) is 0 Å². The molecule has 0 radical (unpaired) electrons. The van der Waals surface area contributed by atoms with E-state index in [1.165, 1.54) is 18.2 Å². The van der Waals surface area contributed by atoms with Gasteiger partial charge in [-0.2, -0.15) is 0 Å². The average molecular weight is 521 g/mol. The van der Waals surface area contributed by atoms with Crippen molar-refractivity contribution >= 4 is 35.1 Å². The molecule has 0 atom stereocenters. The lowest BCUT2D eigenvalue weighted by molar-refractivity contribution is 0.0727. The Morgan fingerprint density at radius 3 is 2.56 bits per heavy atom. The van der Waals surface area contributed by atoms with Crippen LogP contribution in [0.3, 0.4) is 0 Å². The number of benzene rings is 2. The number of piperidine rings is 1. The molecular formula is C28H29ClN4O2S. The average Bonchev–Trinajstić information content (AvgIpc) is 3.36. The Kier molecular flexibility index (Phi) is 6.63. The Bertz CT molecular complexity index is 1240. The minimum Gasteiger partial charge on any atom is -0.381 e. The topological polar surface area (TPSA) is 58.6 Å². The zero-order chi connectivity index (χ0) is 24.5. The number of anilines is 1. The summed E-state index contributed by atoms with van der Waals surface area (Å²) in [5.74, 6) is 0.904. The number of nitrogens with zero attached hydrogens (tertiary/aromatic N) is 4. The number of hydrogen-bond donors (Lipinski definition) is 0. The van der Waals surface area contributed by atoms with Gasteiger partial charge in [0.25, 0.3) is 5.91 Å². The van der Waals surface area contributed by atoms with Crippen LogP contribution in [0.5, 0.6) is 0 Å². The van der Waals surface area contributed by atoms with Gasteiger partial charge in [0.1, 0.15) is 10.8 Å². The first kappa shape index (κ1) is 23.8. The summed E-state index contributed by atoms with van der Waals surface area (Å²) in [5, 5.41) is 1.27. The van der Waals surface area contributed by atoms with Gasteiger partial charge in [-0.15, -0.1) is 0 Å². The number of hydrogen-bond acceptors (Lipinski definition) is 6. The third-order valence-corrected chi connectivity index (χ3v) is 9.21. The SMILES string of the molecule is O=C1c2c(ccc(Sc3cnc(N4CCC5(CCOC5)CC4)cn3)c2Cl)CCN1Cc1ccccc1. The molecule has 0 N–H and O–H groups in total. The summed E-state index contributed by atoms with van der Waals surface area (Å²) < 4.78 is 5.65. The standard InChI is InChI=1S/C28H29ClN4O2S/c29-26-22(7-6-21-8-12-33(27(34)25(21)26)18-20-4-2-1-3-5-20)36-24-17-30-23(16-31-24)32-13-9-28(10-14-32)11-15-35-19-28/h1-7,16-17H,8-15,18-19H2. The molecule has 1 amide bonds. The second kappa shape index (κ2) is 10.0. The maximum atomic E-state index is 13.4. The molecule has 0 bridgehead atoms. The summed E-state index contributed by atoms with van der Waals surface area (Å²) in [4.78, 5) is 27.7. The maximum Gasteiger partial charge on any atom is 0.256 e. The Morgan fingerprint density at radius 2 is 1.83 bits per heavy atom. The molecule has 2 saturated heterocycles. The van der Waals surface area contributed by atoms with E-state index >= 15 is 0 Å². The van der Waals surface area contributed by atoms with E-state index in [1.807, 2.05) is 59.8 Å². The molecule has 1 aromatic heterocycles. The summed E-state index contributed by atoms with van der Waals surface area (Å²) in [7, 11) is 0. The van der Waals surface area contributed by atoms with Crippen LogP contribution >= 0.6 is 23.4 Å². The van der Waals surface area contributed by atoms with Gasteiger partial charge in [-0.3, -0.25) is 4.79 Å².